The van der Waals surface area contributed by atoms with Crippen LogP contribution in [0.4, 0.5) is 18.9 Å². The van der Waals surface area contributed by atoms with Gasteiger partial charge in [0.25, 0.3) is 5.91 Å². The standard InChI is InChI=1S/C19H14F3N3O2/c1-12-5-7-15(8-6-12)25-10-9-16(26)17(24-25)18(27)23-14-4-2-3-13(11-14)19(20,21)22/h2-11H,1H3,(H,23,27). The number of aromatic nitrogens is 2. The van der Waals surface area contributed by atoms with Crippen molar-refractivity contribution in [2.45, 2.75) is 13.1 Å². The van der Waals surface area contributed by atoms with E-state index in [0.29, 0.717) is 5.69 Å². The molecule has 3 aromatic rings. The van der Waals surface area contributed by atoms with Gasteiger partial charge in [-0.1, -0.05) is 23.8 Å². The normalized spacial score (nSPS) is 11.3. The second-order valence-electron chi connectivity index (χ2n) is 5.84. The lowest BCUT2D eigenvalue weighted by molar-refractivity contribution is -0.137. The molecule has 8 heteroatoms. The summed E-state index contributed by atoms with van der Waals surface area (Å²) in [4.78, 5) is 24.4. The Morgan fingerprint density at radius 3 is 2.44 bits per heavy atom. The summed E-state index contributed by atoms with van der Waals surface area (Å²) in [5.74, 6) is -0.888. The van der Waals surface area contributed by atoms with Crippen molar-refractivity contribution in [1.29, 1.82) is 0 Å². The van der Waals surface area contributed by atoms with Gasteiger partial charge in [-0.15, -0.1) is 0 Å². The minimum absolute atomic E-state index is 0.0817. The summed E-state index contributed by atoms with van der Waals surface area (Å²) in [5, 5.41) is 6.29. The molecule has 0 spiro atoms. The second kappa shape index (κ2) is 7.06. The Balaban J connectivity index is 1.90. The summed E-state index contributed by atoms with van der Waals surface area (Å²) >= 11 is 0. The number of nitrogens with one attached hydrogen (secondary N) is 1. The zero-order valence-corrected chi connectivity index (χ0v) is 14.1. The van der Waals surface area contributed by atoms with Gasteiger partial charge in [0, 0.05) is 18.0 Å². The van der Waals surface area contributed by atoms with Crippen LogP contribution in [0, 0.1) is 6.92 Å². The number of halogens is 3. The van der Waals surface area contributed by atoms with Crippen LogP contribution in [0.25, 0.3) is 5.69 Å². The summed E-state index contributed by atoms with van der Waals surface area (Å²) in [6.07, 6.45) is -3.13. The van der Waals surface area contributed by atoms with Crippen molar-refractivity contribution in [3.05, 3.63) is 87.8 Å². The van der Waals surface area contributed by atoms with E-state index in [1.54, 1.807) is 12.1 Å². The minimum atomic E-state index is -4.54. The third-order valence-electron chi connectivity index (χ3n) is 3.77. The van der Waals surface area contributed by atoms with E-state index in [1.165, 1.54) is 29.1 Å². The Hall–Kier alpha value is -3.42. The van der Waals surface area contributed by atoms with Crippen LogP contribution in [0.3, 0.4) is 0 Å². The van der Waals surface area contributed by atoms with Gasteiger partial charge in [0.2, 0.25) is 5.43 Å². The predicted molar refractivity (Wildman–Crippen MR) is 94.0 cm³/mol. The van der Waals surface area contributed by atoms with Gasteiger partial charge in [-0.25, -0.2) is 4.68 Å². The van der Waals surface area contributed by atoms with Crippen LogP contribution in [-0.4, -0.2) is 15.7 Å². The van der Waals surface area contributed by atoms with Crippen molar-refractivity contribution in [3.63, 3.8) is 0 Å². The highest BCUT2D eigenvalue weighted by Crippen LogP contribution is 2.30. The number of amides is 1. The van der Waals surface area contributed by atoms with Crippen LogP contribution in [0.2, 0.25) is 0 Å². The lowest BCUT2D eigenvalue weighted by atomic mass is 10.2. The van der Waals surface area contributed by atoms with Gasteiger partial charge in [0.05, 0.1) is 11.3 Å². The molecule has 1 aromatic heterocycles. The van der Waals surface area contributed by atoms with E-state index in [-0.39, 0.29) is 5.69 Å². The molecule has 27 heavy (non-hydrogen) atoms. The van der Waals surface area contributed by atoms with Gasteiger partial charge in [-0.2, -0.15) is 18.3 Å². The maximum absolute atomic E-state index is 12.8. The SMILES string of the molecule is Cc1ccc(-n2ccc(=O)c(C(=O)Nc3cccc(C(F)(F)F)c3)n2)cc1. The quantitative estimate of drug-likeness (QED) is 0.759. The third kappa shape index (κ3) is 4.22. The molecule has 0 unspecified atom stereocenters. The molecule has 0 saturated carbocycles. The van der Waals surface area contributed by atoms with Crippen molar-refractivity contribution < 1.29 is 18.0 Å². The van der Waals surface area contributed by atoms with E-state index < -0.39 is 28.8 Å². The average molecular weight is 373 g/mol. The molecule has 0 bridgehead atoms. The molecule has 1 heterocycles. The molecule has 3 rings (SSSR count). The molecular weight excluding hydrogens is 359 g/mol. The zero-order chi connectivity index (χ0) is 19.6. The first kappa shape index (κ1) is 18.4. The number of carbonyl (C=O) groups is 1. The van der Waals surface area contributed by atoms with Crippen LogP contribution in [0.15, 0.2) is 65.6 Å². The Bertz CT molecular complexity index is 1040. The predicted octanol–water partition coefficient (Wildman–Crippen LogP) is 3.81. The maximum atomic E-state index is 12.8. The van der Waals surface area contributed by atoms with Crippen LogP contribution >= 0.6 is 0 Å². The van der Waals surface area contributed by atoms with E-state index >= 15 is 0 Å². The highest BCUT2D eigenvalue weighted by molar-refractivity contribution is 6.02. The van der Waals surface area contributed by atoms with Crippen LogP contribution in [0.5, 0.6) is 0 Å². The van der Waals surface area contributed by atoms with Gasteiger partial charge in [-0.3, -0.25) is 9.59 Å². The van der Waals surface area contributed by atoms with Crippen molar-refractivity contribution in [1.82, 2.24) is 9.78 Å². The number of rotatable bonds is 3. The number of nitrogens with zero attached hydrogens (tertiary/aromatic N) is 2. The monoisotopic (exact) mass is 373 g/mol. The molecule has 5 nitrogen and oxygen atoms in total. The smallest absolute Gasteiger partial charge is 0.320 e. The highest BCUT2D eigenvalue weighted by Gasteiger charge is 2.30. The van der Waals surface area contributed by atoms with Crippen LogP contribution in [-0.2, 0) is 6.18 Å². The number of aryl methyl sites for hydroxylation is 1. The van der Waals surface area contributed by atoms with Crippen molar-refractivity contribution in [2.75, 3.05) is 5.32 Å². The van der Waals surface area contributed by atoms with E-state index in [4.69, 9.17) is 0 Å². The molecule has 1 N–H and O–H groups in total. The molecule has 0 atom stereocenters. The molecule has 0 aliphatic carbocycles. The highest BCUT2D eigenvalue weighted by atomic mass is 19.4. The third-order valence-corrected chi connectivity index (χ3v) is 3.77. The summed E-state index contributed by atoms with van der Waals surface area (Å²) in [7, 11) is 0. The first-order valence-electron chi connectivity index (χ1n) is 7.90. The fourth-order valence-corrected chi connectivity index (χ4v) is 2.37. The lowest BCUT2D eigenvalue weighted by Gasteiger charge is -2.10. The molecule has 1 amide bonds. The molecular formula is C19H14F3N3O2. The van der Waals surface area contributed by atoms with Crippen molar-refractivity contribution >= 4 is 11.6 Å². The Kier molecular flexibility index (Phi) is 4.81. The molecule has 2 aromatic carbocycles. The fourth-order valence-electron chi connectivity index (χ4n) is 2.37. The summed E-state index contributed by atoms with van der Waals surface area (Å²) < 4.78 is 39.7. The Morgan fingerprint density at radius 1 is 1.07 bits per heavy atom. The number of hydrogen-bond donors (Lipinski definition) is 1. The van der Waals surface area contributed by atoms with E-state index in [0.717, 1.165) is 17.7 Å². The van der Waals surface area contributed by atoms with E-state index in [2.05, 4.69) is 10.4 Å². The van der Waals surface area contributed by atoms with Gasteiger partial charge < -0.3 is 5.32 Å². The maximum Gasteiger partial charge on any atom is 0.416 e. The summed E-state index contributed by atoms with van der Waals surface area (Å²) in [6, 6.07) is 12.5. The molecule has 0 radical (unpaired) electrons. The van der Waals surface area contributed by atoms with E-state index in [1.807, 2.05) is 19.1 Å². The lowest BCUT2D eigenvalue weighted by Crippen LogP contribution is -2.25. The molecule has 0 saturated heterocycles. The number of anilines is 1. The number of carbonyl (C=O) groups excluding carboxylic acids is 1. The van der Waals surface area contributed by atoms with Crippen LogP contribution < -0.4 is 10.7 Å². The first-order chi connectivity index (χ1) is 12.7. The molecule has 0 aliphatic rings. The van der Waals surface area contributed by atoms with Crippen molar-refractivity contribution in [3.8, 4) is 5.69 Å². The summed E-state index contributed by atoms with van der Waals surface area (Å²) in [5.41, 5.74) is -0.380. The minimum Gasteiger partial charge on any atom is -0.320 e. The van der Waals surface area contributed by atoms with Gasteiger partial charge >= 0.3 is 6.18 Å². The Labute approximate surface area is 152 Å². The van der Waals surface area contributed by atoms with Crippen molar-refractivity contribution in [2.24, 2.45) is 0 Å². The van der Waals surface area contributed by atoms with Crippen LogP contribution in [0.1, 0.15) is 21.6 Å². The molecule has 0 fully saturated rings. The molecule has 0 aliphatic heterocycles. The largest absolute Gasteiger partial charge is 0.416 e. The first-order valence-corrected chi connectivity index (χ1v) is 7.90. The Morgan fingerprint density at radius 2 is 1.78 bits per heavy atom. The zero-order valence-electron chi connectivity index (χ0n) is 14.1. The second-order valence-corrected chi connectivity index (χ2v) is 5.84. The average Bonchev–Trinajstić information content (AvgIpc) is 2.62. The number of hydrogen-bond acceptors (Lipinski definition) is 3. The topological polar surface area (TPSA) is 64.0 Å². The number of benzene rings is 2. The van der Waals surface area contributed by atoms with Gasteiger partial charge in [0.15, 0.2) is 5.69 Å². The fraction of sp³-hybridized carbons (Fsp3) is 0.105. The number of alkyl halides is 3. The molecule has 138 valence electrons. The van der Waals surface area contributed by atoms with Gasteiger partial charge in [0.1, 0.15) is 0 Å². The van der Waals surface area contributed by atoms with E-state index in [9.17, 15) is 22.8 Å². The van der Waals surface area contributed by atoms with Gasteiger partial charge in [-0.05, 0) is 37.3 Å². The summed E-state index contributed by atoms with van der Waals surface area (Å²) in [6.45, 7) is 1.91.